The number of hydrogen-bond donors (Lipinski definition) is 2. The van der Waals surface area contributed by atoms with Gasteiger partial charge in [0.1, 0.15) is 0 Å². The van der Waals surface area contributed by atoms with E-state index in [9.17, 15) is 4.79 Å². The Balaban J connectivity index is 0.00000280. The largest absolute Gasteiger partial charge is 0.370 e. The molecule has 0 radical (unpaired) electrons. The lowest BCUT2D eigenvalue weighted by Crippen LogP contribution is -2.42. The van der Waals surface area contributed by atoms with E-state index in [0.29, 0.717) is 12.5 Å². The maximum Gasteiger partial charge on any atom is 0.221 e. The predicted molar refractivity (Wildman–Crippen MR) is 124 cm³/mol. The van der Waals surface area contributed by atoms with Crippen LogP contribution in [0, 0.1) is 11.8 Å². The van der Waals surface area contributed by atoms with Crippen LogP contribution in [-0.2, 0) is 17.9 Å². The van der Waals surface area contributed by atoms with Crippen molar-refractivity contribution in [3.05, 3.63) is 35.4 Å². The van der Waals surface area contributed by atoms with Crippen LogP contribution in [0.25, 0.3) is 0 Å². The Labute approximate surface area is 185 Å². The van der Waals surface area contributed by atoms with Gasteiger partial charge in [0.15, 0.2) is 5.96 Å². The van der Waals surface area contributed by atoms with E-state index in [-0.39, 0.29) is 35.8 Å². The molecule has 1 amide bonds. The first-order chi connectivity index (χ1) is 13.0. The molecule has 6 nitrogen and oxygen atoms in total. The van der Waals surface area contributed by atoms with Gasteiger partial charge < -0.3 is 16.4 Å². The molecule has 4 N–H and O–H groups in total. The van der Waals surface area contributed by atoms with Crippen LogP contribution in [-0.4, -0.2) is 47.8 Å². The fourth-order valence-corrected chi connectivity index (χ4v) is 4.03. The number of rotatable bonds is 5. The SMILES string of the molecule is CC1CCN(C(N)=NCc2cccc(CN3CCCC(C(N)=O)C3)c2)CC1.I. The summed E-state index contributed by atoms with van der Waals surface area (Å²) in [5.74, 6) is 1.26. The summed E-state index contributed by atoms with van der Waals surface area (Å²) in [5, 5.41) is 0. The van der Waals surface area contributed by atoms with E-state index in [1.165, 1.54) is 24.0 Å². The third-order valence-electron chi connectivity index (χ3n) is 5.84. The number of carbonyl (C=O) groups excluding carboxylic acids is 1. The summed E-state index contributed by atoms with van der Waals surface area (Å²) >= 11 is 0. The first-order valence-electron chi connectivity index (χ1n) is 10.2. The van der Waals surface area contributed by atoms with Crippen molar-refractivity contribution in [2.24, 2.45) is 28.3 Å². The normalized spacial score (nSPS) is 22.0. The second kappa shape index (κ2) is 11.0. The number of benzene rings is 1. The van der Waals surface area contributed by atoms with Gasteiger partial charge in [-0.2, -0.15) is 0 Å². The number of nitrogens with two attached hydrogens (primary N) is 2. The lowest BCUT2D eigenvalue weighted by atomic mass is 9.97. The lowest BCUT2D eigenvalue weighted by Gasteiger charge is -2.31. The number of aliphatic imine (C=N–C) groups is 1. The van der Waals surface area contributed by atoms with Gasteiger partial charge in [-0.3, -0.25) is 9.69 Å². The maximum atomic E-state index is 11.5. The summed E-state index contributed by atoms with van der Waals surface area (Å²) in [4.78, 5) is 20.6. The fourth-order valence-electron chi connectivity index (χ4n) is 4.03. The number of nitrogens with zero attached hydrogens (tertiary/aromatic N) is 3. The number of piperidine rings is 2. The monoisotopic (exact) mass is 499 g/mol. The molecule has 0 spiro atoms. The molecule has 156 valence electrons. The Bertz CT molecular complexity index is 673. The topological polar surface area (TPSA) is 87.9 Å². The molecule has 0 saturated carbocycles. The molecule has 1 aromatic carbocycles. The van der Waals surface area contributed by atoms with Gasteiger partial charge >= 0.3 is 0 Å². The third-order valence-corrected chi connectivity index (χ3v) is 5.84. The van der Waals surface area contributed by atoms with Crippen molar-refractivity contribution in [1.29, 1.82) is 0 Å². The van der Waals surface area contributed by atoms with Crippen LogP contribution in [0.5, 0.6) is 0 Å². The van der Waals surface area contributed by atoms with Crippen molar-refractivity contribution in [2.75, 3.05) is 26.2 Å². The van der Waals surface area contributed by atoms with E-state index in [2.05, 4.69) is 46.0 Å². The minimum absolute atomic E-state index is 0. The zero-order valence-electron chi connectivity index (χ0n) is 16.8. The number of amides is 1. The molecule has 2 fully saturated rings. The first kappa shape index (κ1) is 22.9. The number of primary amides is 1. The van der Waals surface area contributed by atoms with Gasteiger partial charge in [0.05, 0.1) is 12.5 Å². The summed E-state index contributed by atoms with van der Waals surface area (Å²) in [7, 11) is 0. The average molecular weight is 499 g/mol. The van der Waals surface area contributed by atoms with Gasteiger partial charge in [-0.15, -0.1) is 24.0 Å². The fraction of sp³-hybridized carbons (Fsp3) is 0.619. The average Bonchev–Trinajstić information content (AvgIpc) is 2.67. The highest BCUT2D eigenvalue weighted by molar-refractivity contribution is 14.0. The highest BCUT2D eigenvalue weighted by Gasteiger charge is 2.23. The molecular formula is C21H34IN5O. The van der Waals surface area contributed by atoms with E-state index in [1.807, 2.05) is 0 Å². The minimum atomic E-state index is -0.176. The Morgan fingerprint density at radius 1 is 1.14 bits per heavy atom. The smallest absolute Gasteiger partial charge is 0.221 e. The Hall–Kier alpha value is -1.35. The molecule has 2 aliphatic rings. The molecule has 7 heteroatoms. The molecule has 3 rings (SSSR count). The lowest BCUT2D eigenvalue weighted by molar-refractivity contribution is -0.123. The molecule has 2 saturated heterocycles. The second-order valence-corrected chi connectivity index (χ2v) is 8.14. The van der Waals surface area contributed by atoms with Crippen molar-refractivity contribution in [3.63, 3.8) is 0 Å². The van der Waals surface area contributed by atoms with Gasteiger partial charge in [-0.1, -0.05) is 31.2 Å². The van der Waals surface area contributed by atoms with Crippen molar-refractivity contribution in [3.8, 4) is 0 Å². The summed E-state index contributed by atoms with van der Waals surface area (Å²) in [6.45, 7) is 7.55. The standard InChI is InChI=1S/C21H33N5O.HI/c1-16-7-10-26(11-8-16)21(23)24-13-17-4-2-5-18(12-17)14-25-9-3-6-19(15-25)20(22)27;/h2,4-5,12,16,19H,3,6-11,13-15H2,1H3,(H2,22,27)(H2,23,24);1H. The molecule has 1 aromatic rings. The van der Waals surface area contributed by atoms with Crippen molar-refractivity contribution >= 4 is 35.8 Å². The van der Waals surface area contributed by atoms with Crippen molar-refractivity contribution < 1.29 is 4.79 Å². The van der Waals surface area contributed by atoms with E-state index in [4.69, 9.17) is 11.5 Å². The van der Waals surface area contributed by atoms with Crippen molar-refractivity contribution in [1.82, 2.24) is 9.80 Å². The molecule has 28 heavy (non-hydrogen) atoms. The number of likely N-dealkylation sites (tertiary alicyclic amines) is 2. The van der Waals surface area contributed by atoms with Crippen LogP contribution in [0.3, 0.4) is 0 Å². The zero-order valence-corrected chi connectivity index (χ0v) is 19.2. The van der Waals surface area contributed by atoms with Crippen LogP contribution < -0.4 is 11.5 Å². The summed E-state index contributed by atoms with van der Waals surface area (Å²) in [6.07, 6.45) is 4.32. The van der Waals surface area contributed by atoms with Gasteiger partial charge in [0, 0.05) is 26.2 Å². The molecule has 0 aromatic heterocycles. The van der Waals surface area contributed by atoms with E-state index < -0.39 is 0 Å². The van der Waals surface area contributed by atoms with Gasteiger partial charge in [0.2, 0.25) is 5.91 Å². The molecule has 0 aliphatic carbocycles. The van der Waals surface area contributed by atoms with Crippen LogP contribution in [0.4, 0.5) is 0 Å². The van der Waals surface area contributed by atoms with Crippen LogP contribution >= 0.6 is 24.0 Å². The minimum Gasteiger partial charge on any atom is -0.370 e. The maximum absolute atomic E-state index is 11.5. The second-order valence-electron chi connectivity index (χ2n) is 8.14. The van der Waals surface area contributed by atoms with Crippen molar-refractivity contribution in [2.45, 2.75) is 45.7 Å². The molecule has 2 aliphatic heterocycles. The summed E-state index contributed by atoms with van der Waals surface area (Å²) in [6, 6.07) is 8.51. The highest BCUT2D eigenvalue weighted by Crippen LogP contribution is 2.19. The quantitative estimate of drug-likeness (QED) is 0.371. The molecule has 0 bridgehead atoms. The third kappa shape index (κ3) is 6.62. The van der Waals surface area contributed by atoms with E-state index in [0.717, 1.165) is 51.5 Å². The molecule has 2 heterocycles. The molecule has 1 unspecified atom stereocenters. The summed E-state index contributed by atoms with van der Waals surface area (Å²) < 4.78 is 0. The predicted octanol–water partition coefficient (Wildman–Crippen LogP) is 2.55. The number of hydrogen-bond acceptors (Lipinski definition) is 3. The Morgan fingerprint density at radius 2 is 1.86 bits per heavy atom. The van der Waals surface area contributed by atoms with E-state index >= 15 is 0 Å². The number of halogens is 1. The Morgan fingerprint density at radius 3 is 2.57 bits per heavy atom. The van der Waals surface area contributed by atoms with Crippen LogP contribution in [0.15, 0.2) is 29.3 Å². The summed E-state index contributed by atoms with van der Waals surface area (Å²) in [5.41, 5.74) is 14.1. The van der Waals surface area contributed by atoms with Crippen LogP contribution in [0.2, 0.25) is 0 Å². The van der Waals surface area contributed by atoms with E-state index in [1.54, 1.807) is 0 Å². The zero-order chi connectivity index (χ0) is 19.2. The highest BCUT2D eigenvalue weighted by atomic mass is 127. The van der Waals surface area contributed by atoms with Crippen LogP contribution in [0.1, 0.15) is 43.7 Å². The Kier molecular flexibility index (Phi) is 9.01. The van der Waals surface area contributed by atoms with Gasteiger partial charge in [0.25, 0.3) is 0 Å². The molecular weight excluding hydrogens is 465 g/mol. The number of guanidine groups is 1. The molecule has 1 atom stereocenters. The first-order valence-corrected chi connectivity index (χ1v) is 10.2. The number of carbonyl (C=O) groups is 1. The van der Waals surface area contributed by atoms with Gasteiger partial charge in [-0.05, 0) is 49.3 Å². The van der Waals surface area contributed by atoms with Gasteiger partial charge in [-0.25, -0.2) is 4.99 Å².